The molecule has 2 heteroatoms. The molecule has 0 unspecified atom stereocenters. The van der Waals surface area contributed by atoms with Crippen molar-refractivity contribution < 1.29 is 0 Å². The molecule has 0 radical (unpaired) electrons. The minimum atomic E-state index is 1.09. The Morgan fingerprint density at radius 3 is 1.19 bits per heavy atom. The summed E-state index contributed by atoms with van der Waals surface area (Å²) in [5.41, 5.74) is 18.6. The van der Waals surface area contributed by atoms with E-state index in [0.29, 0.717) is 0 Å². The van der Waals surface area contributed by atoms with Crippen molar-refractivity contribution in [2.24, 2.45) is 0 Å². The standard InChI is InChI=1S/C60H42N2/c1-5-17-43(18-6-1)47-29-34-52(35-30-47)61(53-36-31-48(32-37-53)44-19-7-2-8-20-44)58-27-15-13-25-55(58)49-33-38-60-57(42-49)56-26-14-16-28-59(56)62(60)54-40-50(45-21-9-3-10-22-45)39-51(41-54)46-23-11-4-12-24-46/h1-42H. The topological polar surface area (TPSA) is 8.17 Å². The lowest BCUT2D eigenvalue weighted by Crippen LogP contribution is -2.11. The zero-order valence-electron chi connectivity index (χ0n) is 34.1. The first-order chi connectivity index (χ1) is 30.7. The van der Waals surface area contributed by atoms with Gasteiger partial charge in [-0.15, -0.1) is 0 Å². The molecule has 0 aliphatic heterocycles. The van der Waals surface area contributed by atoms with Gasteiger partial charge in [-0.3, -0.25) is 0 Å². The minimum absolute atomic E-state index is 1.09. The molecule has 0 saturated carbocycles. The van der Waals surface area contributed by atoms with E-state index >= 15 is 0 Å². The number of benzene rings is 10. The Kier molecular flexibility index (Phi) is 9.57. The first kappa shape index (κ1) is 36.8. The monoisotopic (exact) mass is 790 g/mol. The van der Waals surface area contributed by atoms with Crippen molar-refractivity contribution in [2.45, 2.75) is 0 Å². The van der Waals surface area contributed by atoms with Gasteiger partial charge in [0, 0.05) is 33.4 Å². The minimum Gasteiger partial charge on any atom is -0.310 e. The van der Waals surface area contributed by atoms with Crippen LogP contribution in [0.5, 0.6) is 0 Å². The van der Waals surface area contributed by atoms with E-state index < -0.39 is 0 Å². The molecule has 1 heterocycles. The number of rotatable bonds is 9. The van der Waals surface area contributed by atoms with Gasteiger partial charge in [0.15, 0.2) is 0 Å². The molecule has 1 aromatic heterocycles. The third kappa shape index (κ3) is 6.94. The second-order valence-corrected chi connectivity index (χ2v) is 15.8. The highest BCUT2D eigenvalue weighted by Gasteiger charge is 2.20. The second-order valence-electron chi connectivity index (χ2n) is 15.8. The Morgan fingerprint density at radius 1 is 0.258 bits per heavy atom. The molecular formula is C60H42N2. The SMILES string of the molecule is c1ccc(-c2ccc(N(c3ccc(-c4ccccc4)cc3)c3ccccc3-c3ccc4c(c3)c3ccccc3n4-c3cc(-c4ccccc4)cc(-c4ccccc4)c3)cc2)cc1. The van der Waals surface area contributed by atoms with E-state index in [2.05, 4.69) is 264 Å². The molecule has 0 atom stereocenters. The van der Waals surface area contributed by atoms with Crippen molar-refractivity contribution in [3.63, 3.8) is 0 Å². The van der Waals surface area contributed by atoms with Crippen molar-refractivity contribution in [1.82, 2.24) is 4.57 Å². The van der Waals surface area contributed by atoms with Crippen LogP contribution in [-0.4, -0.2) is 4.57 Å². The van der Waals surface area contributed by atoms with Crippen molar-refractivity contribution in [3.8, 4) is 61.3 Å². The van der Waals surface area contributed by atoms with Gasteiger partial charge >= 0.3 is 0 Å². The van der Waals surface area contributed by atoms with E-state index in [4.69, 9.17) is 0 Å². The van der Waals surface area contributed by atoms with Gasteiger partial charge in [0.2, 0.25) is 0 Å². The molecule has 11 aromatic rings. The molecule has 0 saturated heterocycles. The van der Waals surface area contributed by atoms with Crippen LogP contribution in [0.25, 0.3) is 83.1 Å². The van der Waals surface area contributed by atoms with Crippen LogP contribution < -0.4 is 4.90 Å². The van der Waals surface area contributed by atoms with E-state index in [1.165, 1.54) is 66.3 Å². The molecule has 0 aliphatic carbocycles. The number of hydrogen-bond acceptors (Lipinski definition) is 1. The number of fused-ring (bicyclic) bond motifs is 3. The Morgan fingerprint density at radius 2 is 0.661 bits per heavy atom. The van der Waals surface area contributed by atoms with Crippen LogP contribution in [0.4, 0.5) is 17.1 Å². The zero-order chi connectivity index (χ0) is 41.2. The van der Waals surface area contributed by atoms with E-state index in [0.717, 1.165) is 33.9 Å². The van der Waals surface area contributed by atoms with Gasteiger partial charge in [-0.05, 0) is 117 Å². The first-order valence-electron chi connectivity index (χ1n) is 21.3. The first-order valence-corrected chi connectivity index (χ1v) is 21.3. The lowest BCUT2D eigenvalue weighted by molar-refractivity contribution is 1.18. The summed E-state index contributed by atoms with van der Waals surface area (Å²) < 4.78 is 2.44. The average molecular weight is 791 g/mol. The van der Waals surface area contributed by atoms with Crippen LogP contribution in [0.1, 0.15) is 0 Å². The summed E-state index contributed by atoms with van der Waals surface area (Å²) in [6.07, 6.45) is 0. The third-order valence-electron chi connectivity index (χ3n) is 12.0. The maximum atomic E-state index is 2.44. The summed E-state index contributed by atoms with van der Waals surface area (Å²) in [6, 6.07) is 92.1. The van der Waals surface area contributed by atoms with Gasteiger partial charge in [-0.2, -0.15) is 0 Å². The van der Waals surface area contributed by atoms with Gasteiger partial charge in [0.1, 0.15) is 0 Å². The highest BCUT2D eigenvalue weighted by Crippen LogP contribution is 2.44. The number of nitrogens with zero attached hydrogens (tertiary/aromatic N) is 2. The van der Waals surface area contributed by atoms with Crippen LogP contribution in [0.3, 0.4) is 0 Å². The second kappa shape index (κ2) is 16.1. The molecular weight excluding hydrogens is 749 g/mol. The molecule has 292 valence electrons. The van der Waals surface area contributed by atoms with Crippen molar-refractivity contribution in [3.05, 3.63) is 255 Å². The van der Waals surface area contributed by atoms with E-state index in [1.807, 2.05) is 0 Å². The smallest absolute Gasteiger partial charge is 0.0541 e. The highest BCUT2D eigenvalue weighted by atomic mass is 15.1. The van der Waals surface area contributed by atoms with Crippen LogP contribution in [0.2, 0.25) is 0 Å². The van der Waals surface area contributed by atoms with Crippen LogP contribution >= 0.6 is 0 Å². The highest BCUT2D eigenvalue weighted by molar-refractivity contribution is 6.11. The van der Waals surface area contributed by atoms with Crippen molar-refractivity contribution in [2.75, 3.05) is 4.90 Å². The lowest BCUT2D eigenvalue weighted by Gasteiger charge is -2.28. The summed E-state index contributed by atoms with van der Waals surface area (Å²) in [6.45, 7) is 0. The van der Waals surface area contributed by atoms with Gasteiger partial charge < -0.3 is 9.47 Å². The molecule has 0 aliphatic rings. The largest absolute Gasteiger partial charge is 0.310 e. The Bertz CT molecular complexity index is 3160. The Labute approximate surface area is 362 Å². The van der Waals surface area contributed by atoms with Gasteiger partial charge in [0.05, 0.1) is 16.7 Å². The number of aromatic nitrogens is 1. The molecule has 10 aromatic carbocycles. The molecule has 11 rings (SSSR count). The molecule has 0 bridgehead atoms. The molecule has 0 N–H and O–H groups in total. The molecule has 62 heavy (non-hydrogen) atoms. The van der Waals surface area contributed by atoms with Crippen molar-refractivity contribution >= 4 is 38.9 Å². The van der Waals surface area contributed by atoms with Crippen LogP contribution in [0, 0.1) is 0 Å². The predicted molar refractivity (Wildman–Crippen MR) is 263 cm³/mol. The Balaban J connectivity index is 1.07. The normalized spacial score (nSPS) is 11.2. The predicted octanol–water partition coefficient (Wildman–Crippen LogP) is 16.6. The third-order valence-corrected chi connectivity index (χ3v) is 12.0. The fourth-order valence-electron chi connectivity index (χ4n) is 8.96. The summed E-state index contributed by atoms with van der Waals surface area (Å²) in [5, 5.41) is 2.43. The molecule has 0 amide bonds. The molecule has 2 nitrogen and oxygen atoms in total. The van der Waals surface area contributed by atoms with E-state index in [-0.39, 0.29) is 0 Å². The molecule has 0 spiro atoms. The Hall–Kier alpha value is -8.20. The van der Waals surface area contributed by atoms with Gasteiger partial charge in [-0.1, -0.05) is 188 Å². The summed E-state index contributed by atoms with van der Waals surface area (Å²) in [7, 11) is 0. The fourth-order valence-corrected chi connectivity index (χ4v) is 8.96. The van der Waals surface area contributed by atoms with Crippen molar-refractivity contribution in [1.29, 1.82) is 0 Å². The summed E-state index contributed by atoms with van der Waals surface area (Å²) in [4.78, 5) is 2.40. The fraction of sp³-hybridized carbons (Fsp3) is 0. The van der Waals surface area contributed by atoms with Gasteiger partial charge in [-0.25, -0.2) is 0 Å². The average Bonchev–Trinajstić information content (AvgIpc) is 3.69. The van der Waals surface area contributed by atoms with Crippen LogP contribution in [0.15, 0.2) is 255 Å². The number of para-hydroxylation sites is 2. The maximum Gasteiger partial charge on any atom is 0.0541 e. The van der Waals surface area contributed by atoms with Gasteiger partial charge in [0.25, 0.3) is 0 Å². The lowest BCUT2D eigenvalue weighted by atomic mass is 9.97. The maximum absolute atomic E-state index is 2.44. The number of anilines is 3. The zero-order valence-corrected chi connectivity index (χ0v) is 34.1. The summed E-state index contributed by atoms with van der Waals surface area (Å²) >= 11 is 0. The van der Waals surface area contributed by atoms with E-state index in [9.17, 15) is 0 Å². The van der Waals surface area contributed by atoms with Crippen LogP contribution in [-0.2, 0) is 0 Å². The quantitative estimate of drug-likeness (QED) is 0.141. The molecule has 0 fully saturated rings. The number of hydrogen-bond donors (Lipinski definition) is 0. The van der Waals surface area contributed by atoms with E-state index in [1.54, 1.807) is 0 Å². The summed E-state index contributed by atoms with van der Waals surface area (Å²) in [5.74, 6) is 0.